The van der Waals surface area contributed by atoms with E-state index in [0.717, 1.165) is 55.3 Å². The van der Waals surface area contributed by atoms with Gasteiger partial charge < -0.3 is 10.1 Å². The summed E-state index contributed by atoms with van der Waals surface area (Å²) >= 11 is 1.65. The lowest BCUT2D eigenvalue weighted by Gasteiger charge is -2.27. The third-order valence-corrected chi connectivity index (χ3v) is 4.45. The number of anilines is 1. The van der Waals surface area contributed by atoms with E-state index in [9.17, 15) is 0 Å². The van der Waals surface area contributed by atoms with Gasteiger partial charge in [0.15, 0.2) is 0 Å². The minimum Gasteiger partial charge on any atom is -0.379 e. The van der Waals surface area contributed by atoms with Crippen LogP contribution in [-0.2, 0) is 4.74 Å². The monoisotopic (exact) mass is 292 g/mol. The summed E-state index contributed by atoms with van der Waals surface area (Å²) in [6.07, 6.45) is 2.74. The zero-order chi connectivity index (χ0) is 13.8. The second-order valence-electron chi connectivity index (χ2n) is 5.15. The molecule has 1 aliphatic heterocycles. The number of aromatic nitrogens is 2. The summed E-state index contributed by atoms with van der Waals surface area (Å²) in [5, 5.41) is 6.69. The molecule has 1 unspecified atom stereocenters. The lowest BCUT2D eigenvalue weighted by Crippen LogP contribution is -2.38. The predicted molar refractivity (Wildman–Crippen MR) is 82.4 cm³/mol. The summed E-state index contributed by atoms with van der Waals surface area (Å²) in [6.45, 7) is 7.15. The number of rotatable bonds is 5. The van der Waals surface area contributed by atoms with Gasteiger partial charge in [0.05, 0.1) is 18.6 Å². The van der Waals surface area contributed by atoms with Crippen molar-refractivity contribution in [2.75, 3.05) is 38.2 Å². The van der Waals surface area contributed by atoms with Crippen molar-refractivity contribution < 1.29 is 4.74 Å². The highest BCUT2D eigenvalue weighted by Crippen LogP contribution is 2.24. The standard InChI is InChI=1S/C14H20N4OS/c1-11(2-4-18-5-7-19-8-6-18)17-13-12-3-9-20-14(12)16-10-15-13/h3,9-11H,2,4-8H2,1H3,(H,15,16,17). The van der Waals surface area contributed by atoms with Crippen molar-refractivity contribution in [2.45, 2.75) is 19.4 Å². The number of ether oxygens (including phenoxy) is 1. The number of hydrogen-bond acceptors (Lipinski definition) is 6. The van der Waals surface area contributed by atoms with Crippen molar-refractivity contribution in [3.8, 4) is 0 Å². The van der Waals surface area contributed by atoms with Gasteiger partial charge in [-0.1, -0.05) is 0 Å². The van der Waals surface area contributed by atoms with Gasteiger partial charge in [-0.15, -0.1) is 11.3 Å². The van der Waals surface area contributed by atoms with Crippen LogP contribution < -0.4 is 5.32 Å². The molecule has 0 saturated carbocycles. The number of hydrogen-bond donors (Lipinski definition) is 1. The topological polar surface area (TPSA) is 50.3 Å². The minimum absolute atomic E-state index is 0.399. The molecule has 0 spiro atoms. The number of morpholine rings is 1. The fraction of sp³-hybridized carbons (Fsp3) is 0.571. The second-order valence-corrected chi connectivity index (χ2v) is 6.04. The first-order chi connectivity index (χ1) is 9.83. The van der Waals surface area contributed by atoms with Crippen LogP contribution in [0.3, 0.4) is 0 Å². The number of nitrogens with one attached hydrogen (secondary N) is 1. The number of fused-ring (bicyclic) bond motifs is 1. The van der Waals surface area contributed by atoms with Crippen LogP contribution in [0.5, 0.6) is 0 Å². The largest absolute Gasteiger partial charge is 0.379 e. The van der Waals surface area contributed by atoms with Gasteiger partial charge in [-0.2, -0.15) is 0 Å². The van der Waals surface area contributed by atoms with Gasteiger partial charge in [-0.3, -0.25) is 4.90 Å². The molecule has 6 heteroatoms. The SMILES string of the molecule is CC(CCN1CCOCC1)Nc1ncnc2sccc12. The number of thiophene rings is 1. The van der Waals surface area contributed by atoms with E-state index in [-0.39, 0.29) is 0 Å². The molecule has 0 amide bonds. The summed E-state index contributed by atoms with van der Waals surface area (Å²) in [4.78, 5) is 12.1. The highest BCUT2D eigenvalue weighted by molar-refractivity contribution is 7.16. The van der Waals surface area contributed by atoms with E-state index in [4.69, 9.17) is 4.74 Å². The summed E-state index contributed by atoms with van der Waals surface area (Å²) in [6, 6.07) is 2.48. The molecule has 2 aromatic rings. The minimum atomic E-state index is 0.399. The fourth-order valence-electron chi connectivity index (χ4n) is 2.41. The Kier molecular flexibility index (Phi) is 4.44. The highest BCUT2D eigenvalue weighted by Gasteiger charge is 2.13. The molecule has 1 saturated heterocycles. The molecule has 0 aliphatic carbocycles. The first-order valence-electron chi connectivity index (χ1n) is 7.08. The van der Waals surface area contributed by atoms with Crippen LogP contribution in [0.4, 0.5) is 5.82 Å². The molecular formula is C14H20N4OS. The van der Waals surface area contributed by atoms with Gasteiger partial charge in [0.25, 0.3) is 0 Å². The Bertz CT molecular complexity index is 553. The van der Waals surface area contributed by atoms with E-state index in [2.05, 4.69) is 38.6 Å². The molecule has 1 N–H and O–H groups in total. The Morgan fingerprint density at radius 2 is 2.25 bits per heavy atom. The van der Waals surface area contributed by atoms with Crippen molar-refractivity contribution in [3.63, 3.8) is 0 Å². The summed E-state index contributed by atoms with van der Waals surface area (Å²) in [5.74, 6) is 0.950. The molecule has 1 atom stereocenters. The molecule has 20 heavy (non-hydrogen) atoms. The maximum atomic E-state index is 5.37. The Hall–Kier alpha value is -1.24. The molecule has 5 nitrogen and oxygen atoms in total. The molecular weight excluding hydrogens is 272 g/mol. The van der Waals surface area contributed by atoms with Gasteiger partial charge in [0.1, 0.15) is 17.0 Å². The number of nitrogens with zero attached hydrogens (tertiary/aromatic N) is 3. The molecule has 0 bridgehead atoms. The van der Waals surface area contributed by atoms with E-state index < -0.39 is 0 Å². The van der Waals surface area contributed by atoms with Crippen molar-refractivity contribution in [3.05, 3.63) is 17.8 Å². The molecule has 3 heterocycles. The Balaban J connectivity index is 1.55. The van der Waals surface area contributed by atoms with E-state index >= 15 is 0 Å². The Labute approximate surface area is 123 Å². The van der Waals surface area contributed by atoms with Crippen molar-refractivity contribution in [2.24, 2.45) is 0 Å². The average molecular weight is 292 g/mol. The molecule has 1 aliphatic rings. The summed E-state index contributed by atoms with van der Waals surface area (Å²) in [7, 11) is 0. The van der Waals surface area contributed by atoms with Gasteiger partial charge in [-0.25, -0.2) is 9.97 Å². The van der Waals surface area contributed by atoms with E-state index in [1.54, 1.807) is 17.7 Å². The van der Waals surface area contributed by atoms with Crippen LogP contribution in [0.1, 0.15) is 13.3 Å². The van der Waals surface area contributed by atoms with Crippen LogP contribution in [0.2, 0.25) is 0 Å². The molecule has 3 rings (SSSR count). The third kappa shape index (κ3) is 3.26. The molecule has 0 radical (unpaired) electrons. The van der Waals surface area contributed by atoms with Gasteiger partial charge in [0, 0.05) is 25.7 Å². The van der Waals surface area contributed by atoms with E-state index in [0.29, 0.717) is 6.04 Å². The quantitative estimate of drug-likeness (QED) is 0.915. The average Bonchev–Trinajstić information content (AvgIpc) is 2.96. The predicted octanol–water partition coefficient (Wildman–Crippen LogP) is 2.21. The molecule has 0 aromatic carbocycles. The van der Waals surface area contributed by atoms with Crippen molar-refractivity contribution >= 4 is 27.4 Å². The first kappa shape index (κ1) is 13.7. The Morgan fingerprint density at radius 3 is 3.10 bits per heavy atom. The lowest BCUT2D eigenvalue weighted by atomic mass is 10.2. The molecule has 1 fully saturated rings. The lowest BCUT2D eigenvalue weighted by molar-refractivity contribution is 0.0370. The van der Waals surface area contributed by atoms with Gasteiger partial charge in [-0.05, 0) is 24.8 Å². The third-order valence-electron chi connectivity index (χ3n) is 3.63. The molecule has 2 aromatic heterocycles. The van der Waals surface area contributed by atoms with Crippen LogP contribution in [0, 0.1) is 0 Å². The normalized spacial score (nSPS) is 18.2. The van der Waals surface area contributed by atoms with Crippen LogP contribution >= 0.6 is 11.3 Å². The maximum absolute atomic E-state index is 5.37. The summed E-state index contributed by atoms with van der Waals surface area (Å²) in [5.41, 5.74) is 0. The van der Waals surface area contributed by atoms with Crippen LogP contribution in [0.15, 0.2) is 17.8 Å². The van der Waals surface area contributed by atoms with E-state index in [1.807, 2.05) is 0 Å². The zero-order valence-electron chi connectivity index (χ0n) is 11.7. The maximum Gasteiger partial charge on any atom is 0.138 e. The zero-order valence-corrected chi connectivity index (χ0v) is 12.5. The van der Waals surface area contributed by atoms with E-state index in [1.165, 1.54) is 0 Å². The fourth-order valence-corrected chi connectivity index (χ4v) is 3.14. The highest BCUT2D eigenvalue weighted by atomic mass is 32.1. The van der Waals surface area contributed by atoms with Crippen molar-refractivity contribution in [1.82, 2.24) is 14.9 Å². The smallest absolute Gasteiger partial charge is 0.138 e. The first-order valence-corrected chi connectivity index (χ1v) is 7.96. The second kappa shape index (κ2) is 6.47. The van der Waals surface area contributed by atoms with Gasteiger partial charge in [0.2, 0.25) is 0 Å². The van der Waals surface area contributed by atoms with Crippen LogP contribution in [-0.4, -0.2) is 53.8 Å². The van der Waals surface area contributed by atoms with Crippen LogP contribution in [0.25, 0.3) is 10.2 Å². The van der Waals surface area contributed by atoms with Crippen molar-refractivity contribution in [1.29, 1.82) is 0 Å². The Morgan fingerprint density at radius 1 is 1.40 bits per heavy atom. The van der Waals surface area contributed by atoms with Gasteiger partial charge >= 0.3 is 0 Å². The molecule has 108 valence electrons. The summed E-state index contributed by atoms with van der Waals surface area (Å²) < 4.78 is 5.37.